The molecule has 1 aromatic rings. The van der Waals surface area contributed by atoms with Crippen molar-refractivity contribution in [1.29, 1.82) is 0 Å². The Balaban J connectivity index is 3.07. The van der Waals surface area contributed by atoms with E-state index in [0.29, 0.717) is 5.46 Å². The van der Waals surface area contributed by atoms with Gasteiger partial charge in [0.2, 0.25) is 0 Å². The van der Waals surface area contributed by atoms with Crippen LogP contribution in [-0.2, 0) is 10.8 Å². The fourth-order valence-electron chi connectivity index (χ4n) is 0.693. The van der Waals surface area contributed by atoms with Gasteiger partial charge in [-0.15, -0.1) is 0 Å². The number of hydrogen-bond donors (Lipinski definition) is 0. The second-order valence-electron chi connectivity index (χ2n) is 2.03. The first-order valence-corrected chi connectivity index (χ1v) is 4.45. The highest BCUT2D eigenvalue weighted by Gasteiger charge is 1.94. The van der Waals surface area contributed by atoms with Gasteiger partial charge in [0.25, 0.3) is 0 Å². The number of benzene rings is 1. The van der Waals surface area contributed by atoms with Crippen LogP contribution in [0.4, 0.5) is 0 Å². The van der Waals surface area contributed by atoms with Gasteiger partial charge in [0.1, 0.15) is 7.85 Å². The monoisotopic (exact) mass is 150 g/mol. The van der Waals surface area contributed by atoms with Gasteiger partial charge in [0.15, 0.2) is 0 Å². The minimum atomic E-state index is -0.919. The molecule has 1 unspecified atom stereocenters. The quantitative estimate of drug-likeness (QED) is 0.523. The lowest BCUT2D eigenvalue weighted by molar-refractivity contribution is 0.687. The van der Waals surface area contributed by atoms with Gasteiger partial charge >= 0.3 is 0 Å². The highest BCUT2D eigenvalue weighted by Crippen LogP contribution is 1.99. The Morgan fingerprint density at radius 3 is 2.60 bits per heavy atom. The molecular weight excluding hydrogens is 143 g/mol. The van der Waals surface area contributed by atoms with Crippen LogP contribution >= 0.6 is 0 Å². The predicted molar refractivity (Wildman–Crippen MR) is 44.2 cm³/mol. The van der Waals surface area contributed by atoms with Crippen molar-refractivity contribution in [2.24, 2.45) is 0 Å². The summed E-state index contributed by atoms with van der Waals surface area (Å²) in [5.41, 5.74) is 0.660. The van der Waals surface area contributed by atoms with Crippen molar-refractivity contribution in [3.8, 4) is 0 Å². The van der Waals surface area contributed by atoms with E-state index in [4.69, 9.17) is 7.85 Å². The summed E-state index contributed by atoms with van der Waals surface area (Å²) in [5, 5.41) is 0. The second kappa shape index (κ2) is 3.02. The number of hydrogen-bond acceptors (Lipinski definition) is 1. The maximum absolute atomic E-state index is 10.9. The van der Waals surface area contributed by atoms with Crippen molar-refractivity contribution in [3.63, 3.8) is 0 Å². The van der Waals surface area contributed by atoms with E-state index in [2.05, 4.69) is 0 Å². The molecule has 10 heavy (non-hydrogen) atoms. The summed E-state index contributed by atoms with van der Waals surface area (Å²) >= 11 is 0. The van der Waals surface area contributed by atoms with Crippen LogP contribution in [0.25, 0.3) is 0 Å². The summed E-state index contributed by atoms with van der Waals surface area (Å²) in [5.74, 6) is 0. The molecule has 0 spiro atoms. The maximum Gasteiger partial charge on any atom is 0.113 e. The molecule has 50 valence electrons. The molecule has 0 bridgehead atoms. The van der Waals surface area contributed by atoms with Gasteiger partial charge in [0.05, 0.1) is 0 Å². The van der Waals surface area contributed by atoms with Crippen LogP contribution in [0, 0.1) is 0 Å². The van der Waals surface area contributed by atoms with Crippen molar-refractivity contribution in [1.82, 2.24) is 0 Å². The van der Waals surface area contributed by atoms with Crippen LogP contribution in [-0.4, -0.2) is 18.3 Å². The average Bonchev–Trinajstić information content (AvgIpc) is 1.88. The lowest BCUT2D eigenvalue weighted by atomic mass is 9.97. The minimum Gasteiger partial charge on any atom is -0.255 e. The van der Waals surface area contributed by atoms with Crippen LogP contribution in [0.3, 0.4) is 0 Å². The van der Waals surface area contributed by atoms with E-state index in [1.807, 2.05) is 0 Å². The smallest absolute Gasteiger partial charge is 0.113 e. The molecule has 0 N–H and O–H groups in total. The predicted octanol–water partition coefficient (Wildman–Crippen LogP) is 0.218. The molecule has 0 fully saturated rings. The van der Waals surface area contributed by atoms with E-state index >= 15 is 0 Å². The number of rotatable bonds is 1. The van der Waals surface area contributed by atoms with Gasteiger partial charge in [0, 0.05) is 22.0 Å². The molecule has 1 atom stereocenters. The zero-order valence-corrected chi connectivity index (χ0v) is 6.52. The molecule has 0 aliphatic carbocycles. The summed E-state index contributed by atoms with van der Waals surface area (Å²) < 4.78 is 10.9. The molecule has 0 heterocycles. The molecule has 0 saturated heterocycles. The Bertz CT molecular complexity index is 260. The van der Waals surface area contributed by atoms with Gasteiger partial charge in [-0.25, -0.2) is 0 Å². The fourth-order valence-corrected chi connectivity index (χ4v) is 1.27. The minimum absolute atomic E-state index is 0.660. The van der Waals surface area contributed by atoms with Crippen molar-refractivity contribution in [3.05, 3.63) is 24.3 Å². The average molecular weight is 150 g/mol. The summed E-state index contributed by atoms with van der Waals surface area (Å²) in [6.07, 6.45) is 1.63. The summed E-state index contributed by atoms with van der Waals surface area (Å²) in [6, 6.07) is 7.09. The molecule has 0 aromatic heterocycles. The third-order valence-corrected chi connectivity index (χ3v) is 2.11. The summed E-state index contributed by atoms with van der Waals surface area (Å²) in [7, 11) is 4.54. The Morgan fingerprint density at radius 2 is 2.20 bits per heavy atom. The zero-order chi connectivity index (χ0) is 7.56. The van der Waals surface area contributed by atoms with E-state index in [9.17, 15) is 4.21 Å². The molecule has 0 amide bonds. The first-order valence-electron chi connectivity index (χ1n) is 2.89. The Morgan fingerprint density at radius 1 is 1.50 bits per heavy atom. The highest BCUT2D eigenvalue weighted by molar-refractivity contribution is 7.84. The lowest BCUT2D eigenvalue weighted by Crippen LogP contribution is -2.02. The Kier molecular flexibility index (Phi) is 2.27. The van der Waals surface area contributed by atoms with Gasteiger partial charge in [-0.2, -0.15) is 0 Å². The van der Waals surface area contributed by atoms with E-state index in [1.165, 1.54) is 0 Å². The summed E-state index contributed by atoms with van der Waals surface area (Å²) in [4.78, 5) is 0.778. The van der Waals surface area contributed by atoms with E-state index in [1.54, 1.807) is 30.5 Å². The molecule has 0 saturated carbocycles. The highest BCUT2D eigenvalue weighted by atomic mass is 32.2. The van der Waals surface area contributed by atoms with Gasteiger partial charge in [-0.3, -0.25) is 4.21 Å². The van der Waals surface area contributed by atoms with Gasteiger partial charge in [-0.05, 0) is 6.07 Å². The van der Waals surface area contributed by atoms with E-state index < -0.39 is 10.8 Å². The first kappa shape index (κ1) is 7.54. The molecule has 2 radical (unpaired) electrons. The second-order valence-corrected chi connectivity index (χ2v) is 3.41. The third-order valence-electron chi connectivity index (χ3n) is 1.19. The molecule has 3 heteroatoms. The van der Waals surface area contributed by atoms with Crippen LogP contribution in [0.5, 0.6) is 0 Å². The zero-order valence-electron chi connectivity index (χ0n) is 5.70. The van der Waals surface area contributed by atoms with Crippen molar-refractivity contribution < 1.29 is 4.21 Å². The van der Waals surface area contributed by atoms with Crippen molar-refractivity contribution in [2.45, 2.75) is 4.90 Å². The topological polar surface area (TPSA) is 17.1 Å². The molecule has 1 aromatic carbocycles. The van der Waals surface area contributed by atoms with Crippen molar-refractivity contribution in [2.75, 3.05) is 6.26 Å². The fraction of sp³-hybridized carbons (Fsp3) is 0.143. The Labute approximate surface area is 64.3 Å². The normalized spacial score (nSPS) is 12.9. The van der Waals surface area contributed by atoms with E-state index in [-0.39, 0.29) is 0 Å². The van der Waals surface area contributed by atoms with E-state index in [0.717, 1.165) is 4.90 Å². The van der Waals surface area contributed by atoms with Crippen LogP contribution < -0.4 is 5.46 Å². The third kappa shape index (κ3) is 1.71. The van der Waals surface area contributed by atoms with Crippen molar-refractivity contribution >= 4 is 24.1 Å². The molecule has 1 nitrogen and oxygen atoms in total. The van der Waals surface area contributed by atoms with Crippen LogP contribution in [0.2, 0.25) is 0 Å². The van der Waals surface area contributed by atoms with Gasteiger partial charge in [-0.1, -0.05) is 23.7 Å². The SMILES string of the molecule is [B]c1cccc(S(C)=O)c1. The van der Waals surface area contributed by atoms with Crippen LogP contribution in [0.15, 0.2) is 29.2 Å². The standard InChI is InChI=1S/C7H7BOS/c1-10(9)7-4-2-3-6(8)5-7/h2-5H,1H3. The Hall–Kier alpha value is -0.565. The largest absolute Gasteiger partial charge is 0.255 e. The first-order chi connectivity index (χ1) is 4.70. The molecule has 0 aliphatic heterocycles. The lowest BCUT2D eigenvalue weighted by Gasteiger charge is -1.95. The van der Waals surface area contributed by atoms with Crippen LogP contribution in [0.1, 0.15) is 0 Å². The maximum atomic E-state index is 10.9. The summed E-state index contributed by atoms with van der Waals surface area (Å²) in [6.45, 7) is 0. The molecule has 0 aliphatic rings. The molecular formula is C7H7BOS. The van der Waals surface area contributed by atoms with Gasteiger partial charge < -0.3 is 0 Å². The molecule has 1 rings (SSSR count).